The summed E-state index contributed by atoms with van der Waals surface area (Å²) in [4.78, 5) is 3.09. The molecule has 1 nitrogen and oxygen atoms in total. The molecule has 0 amide bonds. The summed E-state index contributed by atoms with van der Waals surface area (Å²) in [6.45, 7) is 7.98. The van der Waals surface area contributed by atoms with Gasteiger partial charge in [0.25, 0.3) is 0 Å². The summed E-state index contributed by atoms with van der Waals surface area (Å²) in [5.74, 6) is 1.83. The maximum atomic E-state index is 3.73. The van der Waals surface area contributed by atoms with Gasteiger partial charge in [-0.1, -0.05) is 27.2 Å². The van der Waals surface area contributed by atoms with E-state index in [0.717, 1.165) is 18.4 Å². The molecule has 1 aromatic rings. The van der Waals surface area contributed by atoms with Gasteiger partial charge in [-0.15, -0.1) is 11.3 Å². The maximum Gasteiger partial charge on any atom is 0.0144 e. The van der Waals surface area contributed by atoms with E-state index in [1.807, 2.05) is 11.3 Å². The maximum absolute atomic E-state index is 3.73. The molecular weight excluding hydrogens is 238 g/mol. The summed E-state index contributed by atoms with van der Waals surface area (Å²) in [6.07, 6.45) is 6.68. The van der Waals surface area contributed by atoms with Gasteiger partial charge in [0, 0.05) is 15.8 Å². The highest BCUT2D eigenvalue weighted by Crippen LogP contribution is 2.34. The highest BCUT2D eigenvalue weighted by atomic mass is 32.1. The van der Waals surface area contributed by atoms with Gasteiger partial charge in [0.2, 0.25) is 0 Å². The molecule has 2 rings (SSSR count). The fourth-order valence-electron chi connectivity index (χ4n) is 3.22. The molecule has 3 unspecified atom stereocenters. The van der Waals surface area contributed by atoms with E-state index >= 15 is 0 Å². The Morgan fingerprint density at radius 1 is 1.28 bits per heavy atom. The minimum atomic E-state index is 0.698. The number of thiophene rings is 1. The molecule has 1 aromatic heterocycles. The predicted molar refractivity (Wildman–Crippen MR) is 81.4 cm³/mol. The molecular formula is C16H27NS. The highest BCUT2D eigenvalue weighted by Gasteiger charge is 2.28. The Morgan fingerprint density at radius 2 is 2.06 bits per heavy atom. The zero-order valence-electron chi connectivity index (χ0n) is 12.0. The average molecular weight is 265 g/mol. The number of hydrogen-bond donors (Lipinski definition) is 1. The molecule has 0 aliphatic heterocycles. The first-order chi connectivity index (χ1) is 8.72. The van der Waals surface area contributed by atoms with Crippen LogP contribution in [0.2, 0.25) is 0 Å². The van der Waals surface area contributed by atoms with Crippen molar-refractivity contribution in [3.8, 4) is 0 Å². The third-order valence-electron chi connectivity index (χ3n) is 4.26. The van der Waals surface area contributed by atoms with Crippen molar-refractivity contribution in [2.45, 2.75) is 58.9 Å². The highest BCUT2D eigenvalue weighted by molar-refractivity contribution is 7.11. The largest absolute Gasteiger partial charge is 0.314 e. The van der Waals surface area contributed by atoms with Crippen LogP contribution in [0.3, 0.4) is 0 Å². The standard InChI is InChI=1S/C16H27NS/c1-4-14-8-9-15(18-14)11-16(17-5-2)13-7-6-12(3)10-13/h8-9,12-13,16-17H,4-7,10-11H2,1-3H3. The number of aryl methyl sites for hydroxylation is 1. The second kappa shape index (κ2) is 6.72. The van der Waals surface area contributed by atoms with Gasteiger partial charge >= 0.3 is 0 Å². The van der Waals surface area contributed by atoms with Crippen LogP contribution in [0.4, 0.5) is 0 Å². The van der Waals surface area contributed by atoms with Crippen molar-refractivity contribution in [3.05, 3.63) is 21.9 Å². The van der Waals surface area contributed by atoms with Gasteiger partial charge in [-0.05, 0) is 56.2 Å². The third kappa shape index (κ3) is 3.58. The van der Waals surface area contributed by atoms with Gasteiger partial charge in [-0.2, -0.15) is 0 Å². The van der Waals surface area contributed by atoms with Gasteiger partial charge in [0.05, 0.1) is 0 Å². The summed E-state index contributed by atoms with van der Waals surface area (Å²) in [5.41, 5.74) is 0. The summed E-state index contributed by atoms with van der Waals surface area (Å²) >= 11 is 2.01. The fourth-order valence-corrected chi connectivity index (χ4v) is 4.24. The lowest BCUT2D eigenvalue weighted by Gasteiger charge is -2.24. The van der Waals surface area contributed by atoms with E-state index in [9.17, 15) is 0 Å². The van der Waals surface area contributed by atoms with Gasteiger partial charge in [-0.25, -0.2) is 0 Å². The number of nitrogens with one attached hydrogen (secondary N) is 1. The van der Waals surface area contributed by atoms with Crippen LogP contribution in [0.15, 0.2) is 12.1 Å². The number of likely N-dealkylation sites (N-methyl/N-ethyl adjacent to an activating group) is 1. The number of hydrogen-bond acceptors (Lipinski definition) is 2. The lowest BCUT2D eigenvalue weighted by molar-refractivity contribution is 0.355. The van der Waals surface area contributed by atoms with Crippen LogP contribution in [-0.4, -0.2) is 12.6 Å². The Balaban J connectivity index is 1.97. The monoisotopic (exact) mass is 265 g/mol. The first-order valence-electron chi connectivity index (χ1n) is 7.53. The lowest BCUT2D eigenvalue weighted by Crippen LogP contribution is -2.36. The van der Waals surface area contributed by atoms with Crippen LogP contribution < -0.4 is 5.32 Å². The normalized spacial score (nSPS) is 25.5. The van der Waals surface area contributed by atoms with Crippen molar-refractivity contribution in [3.63, 3.8) is 0 Å². The topological polar surface area (TPSA) is 12.0 Å². The van der Waals surface area contributed by atoms with E-state index in [-0.39, 0.29) is 0 Å². The van der Waals surface area contributed by atoms with E-state index in [1.54, 1.807) is 4.88 Å². The lowest BCUT2D eigenvalue weighted by atomic mass is 9.94. The average Bonchev–Trinajstić information content (AvgIpc) is 2.97. The molecule has 1 fully saturated rings. The molecule has 1 aliphatic carbocycles. The Kier molecular flexibility index (Phi) is 5.25. The second-order valence-electron chi connectivity index (χ2n) is 5.77. The van der Waals surface area contributed by atoms with Crippen molar-refractivity contribution in [1.29, 1.82) is 0 Å². The van der Waals surface area contributed by atoms with Crippen molar-refractivity contribution < 1.29 is 0 Å². The molecule has 1 saturated carbocycles. The Bertz CT molecular complexity index is 358. The molecule has 1 aliphatic rings. The van der Waals surface area contributed by atoms with E-state index < -0.39 is 0 Å². The molecule has 18 heavy (non-hydrogen) atoms. The summed E-state index contributed by atoms with van der Waals surface area (Å²) in [7, 11) is 0. The summed E-state index contributed by atoms with van der Waals surface area (Å²) in [5, 5.41) is 3.73. The van der Waals surface area contributed by atoms with E-state index in [4.69, 9.17) is 0 Å². The van der Waals surface area contributed by atoms with Gasteiger partial charge in [-0.3, -0.25) is 0 Å². The molecule has 0 radical (unpaired) electrons. The smallest absolute Gasteiger partial charge is 0.0144 e. The first-order valence-corrected chi connectivity index (χ1v) is 8.35. The molecule has 0 spiro atoms. The molecule has 0 saturated heterocycles. The zero-order chi connectivity index (χ0) is 13.0. The van der Waals surface area contributed by atoms with Gasteiger partial charge in [0.1, 0.15) is 0 Å². The first kappa shape index (κ1) is 14.1. The summed E-state index contributed by atoms with van der Waals surface area (Å²) < 4.78 is 0. The summed E-state index contributed by atoms with van der Waals surface area (Å²) in [6, 6.07) is 5.34. The van der Waals surface area contributed by atoms with Crippen molar-refractivity contribution >= 4 is 11.3 Å². The zero-order valence-corrected chi connectivity index (χ0v) is 12.9. The SMILES string of the molecule is CCNC(Cc1ccc(CC)s1)C1CCC(C)C1. The molecule has 1 N–H and O–H groups in total. The van der Waals surface area contributed by atoms with Gasteiger partial charge in [0.15, 0.2) is 0 Å². The third-order valence-corrected chi connectivity index (χ3v) is 5.51. The van der Waals surface area contributed by atoms with Crippen LogP contribution in [-0.2, 0) is 12.8 Å². The second-order valence-corrected chi connectivity index (χ2v) is 7.02. The quantitative estimate of drug-likeness (QED) is 0.810. The van der Waals surface area contributed by atoms with Crippen LogP contribution in [0.1, 0.15) is 49.8 Å². The number of rotatable bonds is 6. The van der Waals surface area contributed by atoms with E-state index in [2.05, 4.69) is 38.2 Å². The fraction of sp³-hybridized carbons (Fsp3) is 0.750. The van der Waals surface area contributed by atoms with Crippen LogP contribution >= 0.6 is 11.3 Å². The van der Waals surface area contributed by atoms with E-state index in [1.165, 1.54) is 37.0 Å². The van der Waals surface area contributed by atoms with Crippen LogP contribution in [0.25, 0.3) is 0 Å². The van der Waals surface area contributed by atoms with Crippen LogP contribution in [0.5, 0.6) is 0 Å². The molecule has 0 bridgehead atoms. The molecule has 1 heterocycles. The molecule has 0 aromatic carbocycles. The molecule has 3 atom stereocenters. The van der Waals surface area contributed by atoms with Crippen molar-refractivity contribution in [1.82, 2.24) is 5.32 Å². The van der Waals surface area contributed by atoms with Crippen molar-refractivity contribution in [2.24, 2.45) is 11.8 Å². The predicted octanol–water partition coefficient (Wildman–Crippen LogP) is 4.27. The Morgan fingerprint density at radius 3 is 2.61 bits per heavy atom. The van der Waals surface area contributed by atoms with Crippen LogP contribution in [0, 0.1) is 11.8 Å². The minimum absolute atomic E-state index is 0.698. The Hall–Kier alpha value is -0.340. The van der Waals surface area contributed by atoms with Crippen molar-refractivity contribution in [2.75, 3.05) is 6.54 Å². The van der Waals surface area contributed by atoms with Gasteiger partial charge < -0.3 is 5.32 Å². The Labute approximate surface area is 116 Å². The minimum Gasteiger partial charge on any atom is -0.314 e. The molecule has 102 valence electrons. The van der Waals surface area contributed by atoms with E-state index in [0.29, 0.717) is 6.04 Å². The molecule has 2 heteroatoms.